The predicted octanol–water partition coefficient (Wildman–Crippen LogP) is 16.0. The van der Waals surface area contributed by atoms with Crippen molar-refractivity contribution in [1.29, 1.82) is 0 Å². The van der Waals surface area contributed by atoms with Gasteiger partial charge in [0, 0.05) is 37.4 Å². The van der Waals surface area contributed by atoms with Crippen molar-refractivity contribution in [3.63, 3.8) is 0 Å². The number of hydrogen-bond donors (Lipinski definition) is 0. The van der Waals surface area contributed by atoms with Crippen molar-refractivity contribution in [3.8, 4) is 39.5 Å². The van der Waals surface area contributed by atoms with Gasteiger partial charge in [0.05, 0.1) is 30.5 Å². The van der Waals surface area contributed by atoms with Crippen LogP contribution in [0.1, 0.15) is 45.7 Å². The SMILES string of the molecule is CC(C)(C)c1cc(-c2ccccc2)ccc1-n1c(-c2[c-]cc3oc4cc5cc6ccccc6cc5cc4c3c2)nc2ccccc21.CC(C)Cc1cc(-c2[c-]cccc2)ncc1[Si](C)(C)C.[Ir]. The standard InChI is InChI=1S/C43H31N2O.C18H24NSi.Ir/c1-43(2,3)36-25-30(27-11-5-4-6-12-27)17-19-38(36)45-39-16-10-9-15-37(39)44-42(45)31-18-20-40-34(23-31)35-24-32-21-28-13-7-8-14-29(28)22-33(32)26-41(35)46-40;1-14(2)11-16-12-17(15-9-7-6-8-10-15)19-13-18(16)20(3,4)5;/h4-17,19-26H,1-3H3;6-9,12-14H,11H2,1-5H3;/q2*-1;. The summed E-state index contributed by atoms with van der Waals surface area (Å²) in [6, 6.07) is 64.6. The van der Waals surface area contributed by atoms with E-state index in [9.17, 15) is 0 Å². The third kappa shape index (κ3) is 9.19. The molecule has 0 aliphatic carbocycles. The van der Waals surface area contributed by atoms with Gasteiger partial charge in [0.1, 0.15) is 5.58 Å². The maximum absolute atomic E-state index is 6.40. The molecule has 0 N–H and O–H groups in total. The molecule has 4 nitrogen and oxygen atoms in total. The van der Waals surface area contributed by atoms with E-state index in [1.54, 1.807) is 0 Å². The van der Waals surface area contributed by atoms with E-state index in [1.165, 1.54) is 49.0 Å². The Bertz CT molecular complexity index is 3560. The number of rotatable bonds is 7. The molecule has 335 valence electrons. The number of nitrogens with zero attached hydrogens (tertiary/aromatic N) is 3. The van der Waals surface area contributed by atoms with Gasteiger partial charge in [0.25, 0.3) is 0 Å². The van der Waals surface area contributed by atoms with Crippen LogP contribution < -0.4 is 5.19 Å². The fourth-order valence-corrected chi connectivity index (χ4v) is 10.9. The Labute approximate surface area is 409 Å². The first-order valence-corrected chi connectivity index (χ1v) is 26.6. The van der Waals surface area contributed by atoms with Crippen molar-refractivity contribution >= 4 is 67.8 Å². The first kappa shape index (κ1) is 45.7. The summed E-state index contributed by atoms with van der Waals surface area (Å²) < 4.78 is 8.71. The van der Waals surface area contributed by atoms with Crippen LogP contribution in [0.2, 0.25) is 19.6 Å². The number of hydrogen-bond acceptors (Lipinski definition) is 3. The van der Waals surface area contributed by atoms with Gasteiger partial charge >= 0.3 is 0 Å². The van der Waals surface area contributed by atoms with E-state index < -0.39 is 8.07 Å². The molecule has 0 aliphatic rings. The van der Waals surface area contributed by atoms with Crippen LogP contribution in [0, 0.1) is 18.1 Å². The number of furan rings is 1. The number of para-hydroxylation sites is 2. The van der Waals surface area contributed by atoms with E-state index in [1.807, 2.05) is 24.3 Å². The van der Waals surface area contributed by atoms with Crippen LogP contribution >= 0.6 is 0 Å². The van der Waals surface area contributed by atoms with Crippen molar-refractivity contribution in [2.45, 2.75) is 66.1 Å². The van der Waals surface area contributed by atoms with Crippen LogP contribution in [-0.2, 0) is 31.9 Å². The van der Waals surface area contributed by atoms with Gasteiger partial charge in [0.2, 0.25) is 0 Å². The summed E-state index contributed by atoms with van der Waals surface area (Å²) in [5.74, 6) is 1.53. The molecule has 0 unspecified atom stereocenters. The van der Waals surface area contributed by atoms with E-state index in [0.717, 1.165) is 67.7 Å². The zero-order valence-electron chi connectivity index (χ0n) is 39.5. The van der Waals surface area contributed by atoms with E-state index in [2.05, 4.69) is 222 Å². The average Bonchev–Trinajstić information content (AvgIpc) is 3.87. The molecular formula is C61H55IrN3OSi-2. The third-order valence-corrected chi connectivity index (χ3v) is 14.7. The summed E-state index contributed by atoms with van der Waals surface area (Å²) in [6.07, 6.45) is 3.24. The van der Waals surface area contributed by atoms with Crippen molar-refractivity contribution in [1.82, 2.24) is 14.5 Å². The molecule has 3 aromatic heterocycles. The van der Waals surface area contributed by atoms with Crippen LogP contribution in [0.4, 0.5) is 0 Å². The summed E-state index contributed by atoms with van der Waals surface area (Å²) in [7, 11) is -1.34. The number of pyridine rings is 1. The van der Waals surface area contributed by atoms with E-state index in [0.29, 0.717) is 5.92 Å². The van der Waals surface area contributed by atoms with Crippen molar-refractivity contribution in [2.24, 2.45) is 5.92 Å². The number of imidazole rings is 1. The van der Waals surface area contributed by atoms with Gasteiger partial charge in [-0.05, 0) is 115 Å². The molecule has 6 heteroatoms. The van der Waals surface area contributed by atoms with Crippen LogP contribution in [0.3, 0.4) is 0 Å². The smallest absolute Gasteiger partial charge is 0.121 e. The molecule has 0 fully saturated rings. The molecule has 0 bridgehead atoms. The molecule has 1 radical (unpaired) electrons. The van der Waals surface area contributed by atoms with E-state index in [4.69, 9.17) is 9.40 Å². The fraction of sp³-hybridized carbons (Fsp3) is 0.180. The van der Waals surface area contributed by atoms with Crippen LogP contribution in [-0.4, -0.2) is 22.6 Å². The summed E-state index contributed by atoms with van der Waals surface area (Å²) in [4.78, 5) is 9.91. The molecule has 0 amide bonds. The van der Waals surface area contributed by atoms with Crippen molar-refractivity contribution in [2.75, 3.05) is 0 Å². The fourth-order valence-electron chi connectivity index (χ4n) is 9.36. The Hall–Kier alpha value is -6.43. The van der Waals surface area contributed by atoms with E-state index in [-0.39, 0.29) is 25.5 Å². The largest absolute Gasteiger partial charge is 0.500 e. The Kier molecular flexibility index (Phi) is 12.5. The second-order valence-electron chi connectivity index (χ2n) is 20.1. The second-order valence-corrected chi connectivity index (χ2v) is 25.1. The monoisotopic (exact) mass is 1070 g/mol. The van der Waals surface area contributed by atoms with Crippen molar-refractivity contribution < 1.29 is 24.5 Å². The molecule has 0 saturated carbocycles. The number of fused-ring (bicyclic) bond motifs is 6. The Balaban J connectivity index is 0.000000226. The number of benzene rings is 8. The molecular weight excluding hydrogens is 1010 g/mol. The summed E-state index contributed by atoms with van der Waals surface area (Å²) in [6.45, 7) is 18.6. The topological polar surface area (TPSA) is 43.9 Å². The summed E-state index contributed by atoms with van der Waals surface area (Å²) >= 11 is 0. The number of aromatic nitrogens is 3. The first-order valence-electron chi connectivity index (χ1n) is 23.1. The quantitative estimate of drug-likeness (QED) is 0.0907. The molecule has 0 spiro atoms. The van der Waals surface area contributed by atoms with Gasteiger partial charge < -0.3 is 14.0 Å². The minimum atomic E-state index is -1.34. The molecule has 11 aromatic rings. The summed E-state index contributed by atoms with van der Waals surface area (Å²) in [5.41, 5.74) is 12.9. The summed E-state index contributed by atoms with van der Waals surface area (Å²) in [5, 5.41) is 8.48. The molecule has 0 atom stereocenters. The molecule has 11 rings (SSSR count). The molecule has 0 saturated heterocycles. The minimum absolute atomic E-state index is 0. The van der Waals surface area contributed by atoms with Crippen LogP contribution in [0.5, 0.6) is 0 Å². The zero-order valence-corrected chi connectivity index (χ0v) is 42.9. The maximum atomic E-state index is 6.40. The van der Waals surface area contributed by atoms with Gasteiger partial charge in [0.15, 0.2) is 0 Å². The maximum Gasteiger partial charge on any atom is 0.121 e. The van der Waals surface area contributed by atoms with Crippen molar-refractivity contribution in [3.05, 3.63) is 193 Å². The third-order valence-electron chi connectivity index (χ3n) is 12.6. The second kappa shape index (κ2) is 18.3. The Morgan fingerprint density at radius 3 is 2.03 bits per heavy atom. The molecule has 67 heavy (non-hydrogen) atoms. The van der Waals surface area contributed by atoms with Gasteiger partial charge in [-0.2, -0.15) is 0 Å². The minimum Gasteiger partial charge on any atom is -0.500 e. The molecule has 0 aliphatic heterocycles. The van der Waals surface area contributed by atoms with Crippen LogP contribution in [0.15, 0.2) is 174 Å². The average molecular weight is 1070 g/mol. The van der Waals surface area contributed by atoms with Gasteiger partial charge in [-0.3, -0.25) is 4.98 Å². The van der Waals surface area contributed by atoms with Crippen LogP contribution in [0.25, 0.3) is 94.0 Å². The Morgan fingerprint density at radius 2 is 1.33 bits per heavy atom. The zero-order chi connectivity index (χ0) is 45.7. The van der Waals surface area contributed by atoms with Gasteiger partial charge in [-0.25, -0.2) is 0 Å². The van der Waals surface area contributed by atoms with E-state index >= 15 is 0 Å². The Morgan fingerprint density at radius 1 is 0.642 bits per heavy atom. The molecule has 3 heterocycles. The van der Waals surface area contributed by atoms with Gasteiger partial charge in [-0.1, -0.05) is 144 Å². The predicted molar refractivity (Wildman–Crippen MR) is 282 cm³/mol. The normalized spacial score (nSPS) is 12.0. The first-order chi connectivity index (χ1) is 31.8. The molecule has 8 aromatic carbocycles. The van der Waals surface area contributed by atoms with Gasteiger partial charge in [-0.15, -0.1) is 59.7 Å².